The first-order valence-corrected chi connectivity index (χ1v) is 7.01. The molecule has 1 aromatic carbocycles. The van der Waals surface area contributed by atoms with Gasteiger partial charge in [0, 0.05) is 23.0 Å². The van der Waals surface area contributed by atoms with Crippen molar-refractivity contribution in [1.29, 1.82) is 0 Å². The molecule has 0 saturated heterocycles. The molecule has 0 aromatic heterocycles. The van der Waals surface area contributed by atoms with Crippen LogP contribution in [0.1, 0.15) is 51.6 Å². The highest BCUT2D eigenvalue weighted by atomic mass is 35.5. The molecule has 2 unspecified atom stereocenters. The molecule has 1 aliphatic rings. The smallest absolute Gasteiger partial charge is 0.125 e. The summed E-state index contributed by atoms with van der Waals surface area (Å²) in [5.41, 5.74) is 7.14. The predicted octanol–water partition coefficient (Wildman–Crippen LogP) is 4.32. The molecular formula is C15H22ClNO. The molecular weight excluding hydrogens is 246 g/mol. The van der Waals surface area contributed by atoms with Crippen molar-refractivity contribution < 1.29 is 4.74 Å². The van der Waals surface area contributed by atoms with Gasteiger partial charge < -0.3 is 10.5 Å². The van der Waals surface area contributed by atoms with Gasteiger partial charge >= 0.3 is 0 Å². The van der Waals surface area contributed by atoms with Crippen molar-refractivity contribution in [3.05, 3.63) is 28.8 Å². The zero-order valence-corrected chi connectivity index (χ0v) is 12.1. The van der Waals surface area contributed by atoms with Crippen LogP contribution < -0.4 is 10.5 Å². The molecule has 0 fully saturated rings. The third-order valence-electron chi connectivity index (χ3n) is 3.63. The van der Waals surface area contributed by atoms with Gasteiger partial charge in [-0.3, -0.25) is 0 Å². The summed E-state index contributed by atoms with van der Waals surface area (Å²) >= 11 is 6.00. The Morgan fingerprint density at radius 1 is 1.50 bits per heavy atom. The Bertz CT molecular complexity index is 433. The zero-order chi connectivity index (χ0) is 13.3. The van der Waals surface area contributed by atoms with Crippen LogP contribution in [0.3, 0.4) is 0 Å². The van der Waals surface area contributed by atoms with Crippen molar-refractivity contribution in [3.63, 3.8) is 0 Å². The number of benzene rings is 1. The van der Waals surface area contributed by atoms with Gasteiger partial charge in [-0.05, 0) is 43.9 Å². The van der Waals surface area contributed by atoms with Gasteiger partial charge in [0.15, 0.2) is 0 Å². The fraction of sp³-hybridized carbons (Fsp3) is 0.600. The number of nitrogens with two attached hydrogens (primary N) is 1. The van der Waals surface area contributed by atoms with Gasteiger partial charge in [0.25, 0.3) is 0 Å². The fourth-order valence-electron chi connectivity index (χ4n) is 2.53. The van der Waals surface area contributed by atoms with E-state index in [4.69, 9.17) is 22.1 Å². The summed E-state index contributed by atoms with van der Waals surface area (Å²) in [6, 6.07) is 5.74. The predicted molar refractivity (Wildman–Crippen MR) is 76.1 cm³/mol. The lowest BCUT2D eigenvalue weighted by Gasteiger charge is -2.39. The van der Waals surface area contributed by atoms with Gasteiger partial charge in [0.1, 0.15) is 11.4 Å². The first kappa shape index (κ1) is 13.7. The summed E-state index contributed by atoms with van der Waals surface area (Å²) in [5.74, 6) is 1.58. The van der Waals surface area contributed by atoms with E-state index in [9.17, 15) is 0 Å². The van der Waals surface area contributed by atoms with E-state index in [1.807, 2.05) is 18.2 Å². The first-order valence-electron chi connectivity index (χ1n) is 6.64. The van der Waals surface area contributed by atoms with Crippen LogP contribution in [0, 0.1) is 5.92 Å². The monoisotopic (exact) mass is 267 g/mol. The normalized spacial score (nSPS) is 26.9. The summed E-state index contributed by atoms with van der Waals surface area (Å²) in [5, 5.41) is 0.721. The number of ether oxygens (including phenoxy) is 1. The largest absolute Gasteiger partial charge is 0.487 e. The maximum Gasteiger partial charge on any atom is 0.125 e. The van der Waals surface area contributed by atoms with Crippen molar-refractivity contribution in [3.8, 4) is 5.75 Å². The summed E-state index contributed by atoms with van der Waals surface area (Å²) in [6.07, 6.45) is 3.06. The molecule has 0 radical (unpaired) electrons. The van der Waals surface area contributed by atoms with Gasteiger partial charge in [0.2, 0.25) is 0 Å². The van der Waals surface area contributed by atoms with E-state index >= 15 is 0 Å². The van der Waals surface area contributed by atoms with Gasteiger partial charge in [0.05, 0.1) is 0 Å². The highest BCUT2D eigenvalue weighted by Crippen LogP contribution is 2.41. The number of fused-ring (bicyclic) bond motifs is 1. The average Bonchev–Trinajstić information content (AvgIpc) is 2.28. The number of rotatable bonds is 3. The van der Waals surface area contributed by atoms with Crippen molar-refractivity contribution >= 4 is 11.6 Å². The van der Waals surface area contributed by atoms with Crippen LogP contribution in [-0.4, -0.2) is 5.60 Å². The molecule has 0 aliphatic carbocycles. The molecule has 2 atom stereocenters. The lowest BCUT2D eigenvalue weighted by molar-refractivity contribution is 0.0405. The minimum atomic E-state index is -0.148. The molecule has 3 heteroatoms. The molecule has 0 amide bonds. The quantitative estimate of drug-likeness (QED) is 0.885. The summed E-state index contributed by atoms with van der Waals surface area (Å²) < 4.78 is 6.16. The number of hydrogen-bond donors (Lipinski definition) is 1. The Morgan fingerprint density at radius 2 is 2.22 bits per heavy atom. The van der Waals surface area contributed by atoms with E-state index in [1.54, 1.807) is 0 Å². The average molecular weight is 268 g/mol. The third-order valence-corrected chi connectivity index (χ3v) is 3.86. The lowest BCUT2D eigenvalue weighted by Crippen LogP contribution is -2.40. The number of halogens is 1. The van der Waals surface area contributed by atoms with Gasteiger partial charge in [-0.15, -0.1) is 0 Å². The van der Waals surface area contributed by atoms with Gasteiger partial charge in [-0.25, -0.2) is 0 Å². The van der Waals surface area contributed by atoms with E-state index in [2.05, 4.69) is 20.8 Å². The fourth-order valence-corrected chi connectivity index (χ4v) is 2.71. The summed E-state index contributed by atoms with van der Waals surface area (Å²) in [4.78, 5) is 0. The van der Waals surface area contributed by atoms with Gasteiger partial charge in [-0.1, -0.05) is 25.4 Å². The molecule has 18 heavy (non-hydrogen) atoms. The zero-order valence-electron chi connectivity index (χ0n) is 11.4. The maximum absolute atomic E-state index is 6.26. The standard InChI is InChI=1S/C15H22ClNO/c1-10(2)6-7-15(3)9-13(17)12-8-11(16)4-5-14(12)18-15/h4-5,8,10,13H,6-7,9,17H2,1-3H3. The molecule has 2 nitrogen and oxygen atoms in total. The van der Waals surface area contributed by atoms with Crippen molar-refractivity contribution in [1.82, 2.24) is 0 Å². The Labute approximate surface area is 114 Å². The molecule has 1 aromatic rings. The molecule has 0 bridgehead atoms. The van der Waals surface area contributed by atoms with E-state index in [0.29, 0.717) is 5.92 Å². The van der Waals surface area contributed by atoms with Crippen molar-refractivity contribution in [2.24, 2.45) is 11.7 Å². The van der Waals surface area contributed by atoms with Crippen LogP contribution in [0.15, 0.2) is 18.2 Å². The Hall–Kier alpha value is -0.730. The second-order valence-electron chi connectivity index (χ2n) is 5.98. The minimum absolute atomic E-state index is 0.0182. The highest BCUT2D eigenvalue weighted by molar-refractivity contribution is 6.30. The molecule has 2 N–H and O–H groups in total. The Balaban J connectivity index is 2.19. The van der Waals surface area contributed by atoms with Crippen molar-refractivity contribution in [2.45, 2.75) is 51.7 Å². The summed E-state index contributed by atoms with van der Waals surface area (Å²) in [6.45, 7) is 6.63. The maximum atomic E-state index is 6.26. The van der Waals surface area contributed by atoms with Crippen LogP contribution in [0.2, 0.25) is 5.02 Å². The molecule has 1 heterocycles. The molecule has 100 valence electrons. The summed E-state index contributed by atoms with van der Waals surface area (Å²) in [7, 11) is 0. The lowest BCUT2D eigenvalue weighted by atomic mass is 9.84. The SMILES string of the molecule is CC(C)CCC1(C)CC(N)c2cc(Cl)ccc2O1. The molecule has 0 saturated carbocycles. The van der Waals surface area contributed by atoms with Gasteiger partial charge in [-0.2, -0.15) is 0 Å². The number of hydrogen-bond acceptors (Lipinski definition) is 2. The van der Waals surface area contributed by atoms with Crippen LogP contribution in [0.4, 0.5) is 0 Å². The second-order valence-corrected chi connectivity index (χ2v) is 6.41. The van der Waals surface area contributed by atoms with Crippen LogP contribution in [-0.2, 0) is 0 Å². The first-order chi connectivity index (χ1) is 8.39. The van der Waals surface area contributed by atoms with E-state index in [0.717, 1.165) is 35.6 Å². The Kier molecular flexibility index (Phi) is 3.88. The van der Waals surface area contributed by atoms with Crippen LogP contribution in [0.25, 0.3) is 0 Å². The Morgan fingerprint density at radius 3 is 2.89 bits per heavy atom. The topological polar surface area (TPSA) is 35.2 Å². The molecule has 1 aliphatic heterocycles. The van der Waals surface area contributed by atoms with E-state index in [-0.39, 0.29) is 11.6 Å². The van der Waals surface area contributed by atoms with Crippen molar-refractivity contribution in [2.75, 3.05) is 0 Å². The van der Waals surface area contributed by atoms with Crippen LogP contribution >= 0.6 is 11.6 Å². The third kappa shape index (κ3) is 2.99. The van der Waals surface area contributed by atoms with E-state index in [1.165, 1.54) is 0 Å². The molecule has 2 rings (SSSR count). The van der Waals surface area contributed by atoms with Crippen LogP contribution in [0.5, 0.6) is 5.75 Å². The molecule has 0 spiro atoms. The van der Waals surface area contributed by atoms with E-state index < -0.39 is 0 Å². The minimum Gasteiger partial charge on any atom is -0.487 e. The second kappa shape index (κ2) is 5.10. The highest BCUT2D eigenvalue weighted by Gasteiger charge is 2.35.